The Balaban J connectivity index is 1.66. The molecule has 4 nitrogen and oxygen atoms in total. The zero-order chi connectivity index (χ0) is 14.1. The molecule has 0 spiro atoms. The monoisotopic (exact) mass is 290 g/mol. The van der Waals surface area contributed by atoms with Gasteiger partial charge in [-0.3, -0.25) is 9.59 Å². The SMILES string of the molecule is Cc1ccc(NC(=O)C2CSCN2C(=O)C2CC2)cc1. The Kier molecular flexibility index (Phi) is 3.70. The van der Waals surface area contributed by atoms with Crippen LogP contribution in [0.4, 0.5) is 5.69 Å². The lowest BCUT2D eigenvalue weighted by atomic mass is 10.2. The maximum absolute atomic E-state index is 12.3. The van der Waals surface area contributed by atoms with E-state index < -0.39 is 0 Å². The lowest BCUT2D eigenvalue weighted by Gasteiger charge is -2.23. The summed E-state index contributed by atoms with van der Waals surface area (Å²) in [6.07, 6.45) is 1.96. The summed E-state index contributed by atoms with van der Waals surface area (Å²) < 4.78 is 0. The van der Waals surface area contributed by atoms with Crippen molar-refractivity contribution >= 4 is 29.3 Å². The zero-order valence-corrected chi connectivity index (χ0v) is 12.3. The van der Waals surface area contributed by atoms with E-state index in [9.17, 15) is 9.59 Å². The molecule has 0 radical (unpaired) electrons. The molecule has 1 N–H and O–H groups in total. The smallest absolute Gasteiger partial charge is 0.248 e. The van der Waals surface area contributed by atoms with Crippen LogP contribution in [0.15, 0.2) is 24.3 Å². The molecule has 0 aromatic heterocycles. The first-order valence-corrected chi connectivity index (χ1v) is 8.06. The predicted octanol–water partition coefficient (Wildman–Crippen LogP) is 2.25. The Hall–Kier alpha value is -1.49. The topological polar surface area (TPSA) is 49.4 Å². The molecule has 106 valence electrons. The number of carbonyl (C=O) groups excluding carboxylic acids is 2. The third-order valence-corrected chi connectivity index (χ3v) is 4.73. The molecule has 1 aliphatic heterocycles. The second kappa shape index (κ2) is 5.48. The second-order valence-electron chi connectivity index (χ2n) is 5.45. The summed E-state index contributed by atoms with van der Waals surface area (Å²) in [5.74, 6) is 1.58. The Bertz CT molecular complexity index is 525. The molecule has 1 atom stereocenters. The van der Waals surface area contributed by atoms with E-state index in [-0.39, 0.29) is 23.8 Å². The number of carbonyl (C=O) groups is 2. The summed E-state index contributed by atoms with van der Waals surface area (Å²) in [4.78, 5) is 26.2. The van der Waals surface area contributed by atoms with Crippen LogP contribution in [-0.2, 0) is 9.59 Å². The van der Waals surface area contributed by atoms with Gasteiger partial charge in [0.25, 0.3) is 0 Å². The molecular formula is C15H18N2O2S. The molecule has 0 bridgehead atoms. The third kappa shape index (κ3) is 2.82. The zero-order valence-electron chi connectivity index (χ0n) is 11.5. The van der Waals surface area contributed by atoms with Gasteiger partial charge in [-0.15, -0.1) is 11.8 Å². The van der Waals surface area contributed by atoms with Crippen LogP contribution < -0.4 is 5.32 Å². The van der Waals surface area contributed by atoms with Crippen LogP contribution in [0.3, 0.4) is 0 Å². The first-order chi connectivity index (χ1) is 9.65. The van der Waals surface area contributed by atoms with Crippen LogP contribution in [0.2, 0.25) is 0 Å². The molecular weight excluding hydrogens is 272 g/mol. The fourth-order valence-corrected chi connectivity index (χ4v) is 3.47. The molecule has 20 heavy (non-hydrogen) atoms. The van der Waals surface area contributed by atoms with Gasteiger partial charge in [0.2, 0.25) is 11.8 Å². The normalized spacial score (nSPS) is 21.9. The third-order valence-electron chi connectivity index (χ3n) is 3.71. The standard InChI is InChI=1S/C15H18N2O2S/c1-10-2-6-12(7-3-10)16-14(18)13-8-20-9-17(13)15(19)11-4-5-11/h2-3,6-7,11,13H,4-5,8-9H2,1H3,(H,16,18). The van der Waals surface area contributed by atoms with E-state index in [1.54, 1.807) is 16.7 Å². The lowest BCUT2D eigenvalue weighted by molar-refractivity contribution is -0.137. The number of thioether (sulfide) groups is 1. The molecule has 2 amide bonds. The highest BCUT2D eigenvalue weighted by Gasteiger charge is 2.41. The van der Waals surface area contributed by atoms with Crippen LogP contribution in [0, 0.1) is 12.8 Å². The Labute approximate surface area is 122 Å². The van der Waals surface area contributed by atoms with E-state index in [1.807, 2.05) is 31.2 Å². The maximum Gasteiger partial charge on any atom is 0.248 e. The van der Waals surface area contributed by atoms with E-state index in [4.69, 9.17) is 0 Å². The highest BCUT2D eigenvalue weighted by molar-refractivity contribution is 7.99. The first kappa shape index (κ1) is 13.5. The molecule has 2 aliphatic rings. The van der Waals surface area contributed by atoms with Crippen molar-refractivity contribution in [2.24, 2.45) is 5.92 Å². The van der Waals surface area contributed by atoms with Gasteiger partial charge in [0.05, 0.1) is 5.88 Å². The van der Waals surface area contributed by atoms with Crippen molar-refractivity contribution < 1.29 is 9.59 Å². The highest BCUT2D eigenvalue weighted by atomic mass is 32.2. The number of nitrogens with one attached hydrogen (secondary N) is 1. The molecule has 1 aromatic rings. The molecule has 1 saturated heterocycles. The predicted molar refractivity (Wildman–Crippen MR) is 80.5 cm³/mol. The number of aryl methyl sites for hydroxylation is 1. The maximum atomic E-state index is 12.3. The summed E-state index contributed by atoms with van der Waals surface area (Å²) in [7, 11) is 0. The van der Waals surface area contributed by atoms with Crippen molar-refractivity contribution in [3.63, 3.8) is 0 Å². The van der Waals surface area contributed by atoms with Crippen molar-refractivity contribution in [3.05, 3.63) is 29.8 Å². The number of amides is 2. The van der Waals surface area contributed by atoms with Crippen LogP contribution >= 0.6 is 11.8 Å². The minimum Gasteiger partial charge on any atom is -0.324 e. The van der Waals surface area contributed by atoms with Crippen LogP contribution in [0.25, 0.3) is 0 Å². The first-order valence-electron chi connectivity index (χ1n) is 6.91. The summed E-state index contributed by atoms with van der Waals surface area (Å²) in [5, 5.41) is 2.91. The minimum atomic E-state index is -0.325. The summed E-state index contributed by atoms with van der Waals surface area (Å²) >= 11 is 1.65. The quantitative estimate of drug-likeness (QED) is 0.929. The number of hydrogen-bond donors (Lipinski definition) is 1. The molecule has 3 rings (SSSR count). The van der Waals surface area contributed by atoms with Gasteiger partial charge in [0.1, 0.15) is 6.04 Å². The summed E-state index contributed by atoms with van der Waals surface area (Å²) in [5.41, 5.74) is 1.95. The lowest BCUT2D eigenvalue weighted by Crippen LogP contribution is -2.45. The van der Waals surface area contributed by atoms with Crippen molar-refractivity contribution in [3.8, 4) is 0 Å². The van der Waals surface area contributed by atoms with E-state index in [0.29, 0.717) is 11.6 Å². The molecule has 1 unspecified atom stereocenters. The van der Waals surface area contributed by atoms with Crippen LogP contribution in [0.1, 0.15) is 18.4 Å². The van der Waals surface area contributed by atoms with E-state index in [2.05, 4.69) is 5.32 Å². The van der Waals surface area contributed by atoms with Crippen molar-refractivity contribution in [2.75, 3.05) is 16.9 Å². The number of benzene rings is 1. The molecule has 1 aliphatic carbocycles. The summed E-state index contributed by atoms with van der Waals surface area (Å²) in [6, 6.07) is 7.39. The van der Waals surface area contributed by atoms with Crippen molar-refractivity contribution in [2.45, 2.75) is 25.8 Å². The molecule has 1 heterocycles. The largest absolute Gasteiger partial charge is 0.324 e. The van der Waals surface area contributed by atoms with Gasteiger partial charge in [-0.2, -0.15) is 0 Å². The van der Waals surface area contributed by atoms with Crippen LogP contribution in [-0.4, -0.2) is 34.4 Å². The Morgan fingerprint density at radius 3 is 2.60 bits per heavy atom. The van der Waals surface area contributed by atoms with Gasteiger partial charge >= 0.3 is 0 Å². The van der Waals surface area contributed by atoms with Crippen LogP contribution in [0.5, 0.6) is 0 Å². The van der Waals surface area contributed by atoms with Gasteiger partial charge in [-0.25, -0.2) is 0 Å². The molecule has 2 fully saturated rings. The van der Waals surface area contributed by atoms with Gasteiger partial charge in [0, 0.05) is 17.4 Å². The number of anilines is 1. The minimum absolute atomic E-state index is 0.0761. The molecule has 1 aromatic carbocycles. The molecule has 1 saturated carbocycles. The fourth-order valence-electron chi connectivity index (χ4n) is 2.30. The number of hydrogen-bond acceptors (Lipinski definition) is 3. The van der Waals surface area contributed by atoms with E-state index in [1.165, 1.54) is 0 Å². The van der Waals surface area contributed by atoms with Gasteiger partial charge in [-0.05, 0) is 31.9 Å². The fraction of sp³-hybridized carbons (Fsp3) is 0.467. The van der Waals surface area contributed by atoms with Gasteiger partial charge in [0.15, 0.2) is 0 Å². The number of rotatable bonds is 3. The van der Waals surface area contributed by atoms with E-state index >= 15 is 0 Å². The van der Waals surface area contributed by atoms with Crippen molar-refractivity contribution in [1.82, 2.24) is 4.90 Å². The second-order valence-corrected chi connectivity index (χ2v) is 6.45. The number of nitrogens with zero attached hydrogens (tertiary/aromatic N) is 1. The summed E-state index contributed by atoms with van der Waals surface area (Å²) in [6.45, 7) is 2.01. The van der Waals surface area contributed by atoms with Crippen molar-refractivity contribution in [1.29, 1.82) is 0 Å². The van der Waals surface area contributed by atoms with E-state index in [0.717, 1.165) is 24.1 Å². The average Bonchev–Trinajstić information content (AvgIpc) is 3.17. The molecule has 5 heteroatoms. The highest BCUT2D eigenvalue weighted by Crippen LogP contribution is 2.34. The Morgan fingerprint density at radius 2 is 1.95 bits per heavy atom. The Morgan fingerprint density at radius 1 is 1.25 bits per heavy atom. The van der Waals surface area contributed by atoms with Gasteiger partial charge in [-0.1, -0.05) is 17.7 Å². The average molecular weight is 290 g/mol. The van der Waals surface area contributed by atoms with Gasteiger partial charge < -0.3 is 10.2 Å².